The summed E-state index contributed by atoms with van der Waals surface area (Å²) in [5, 5.41) is 2.64. The largest absolute Gasteiger partial charge is 0.385 e. The maximum absolute atomic E-state index is 12.0. The number of aromatic nitrogens is 1. The number of rotatable bonds is 8. The lowest BCUT2D eigenvalue weighted by Crippen LogP contribution is -2.33. The molecule has 0 aliphatic heterocycles. The van der Waals surface area contributed by atoms with E-state index in [0.717, 1.165) is 14.9 Å². The van der Waals surface area contributed by atoms with Gasteiger partial charge in [0.2, 0.25) is 15.9 Å². The molecule has 124 valence electrons. The summed E-state index contributed by atoms with van der Waals surface area (Å²) in [7, 11) is 0.709. The Bertz CT molecular complexity index is 666. The zero-order chi connectivity index (χ0) is 16.8. The first-order valence-electron chi connectivity index (χ1n) is 6.67. The molecule has 1 aromatic rings. The van der Waals surface area contributed by atoms with Crippen molar-refractivity contribution >= 4 is 15.9 Å². The number of ether oxygens (including phenoxy) is 1. The summed E-state index contributed by atoms with van der Waals surface area (Å²) < 4.78 is 31.0. The Hall–Kier alpha value is -1.71. The van der Waals surface area contributed by atoms with E-state index in [2.05, 4.69) is 5.32 Å². The molecule has 0 radical (unpaired) electrons. The molecule has 1 N–H and O–H groups in total. The fourth-order valence-corrected chi connectivity index (χ4v) is 2.57. The van der Waals surface area contributed by atoms with E-state index >= 15 is 0 Å². The lowest BCUT2D eigenvalue weighted by molar-refractivity contribution is -0.121. The Morgan fingerprint density at radius 2 is 2.05 bits per heavy atom. The first-order chi connectivity index (χ1) is 10.3. The summed E-state index contributed by atoms with van der Waals surface area (Å²) in [5.41, 5.74) is -0.440. The van der Waals surface area contributed by atoms with Crippen LogP contribution in [0.15, 0.2) is 28.0 Å². The van der Waals surface area contributed by atoms with E-state index in [-0.39, 0.29) is 17.3 Å². The number of hydrogen-bond donors (Lipinski definition) is 1. The van der Waals surface area contributed by atoms with Gasteiger partial charge in [0.15, 0.2) is 0 Å². The lowest BCUT2D eigenvalue weighted by atomic mass is 10.4. The predicted octanol–water partition coefficient (Wildman–Crippen LogP) is -0.749. The molecule has 0 aromatic carbocycles. The Morgan fingerprint density at radius 1 is 1.36 bits per heavy atom. The Morgan fingerprint density at radius 3 is 2.64 bits per heavy atom. The first kappa shape index (κ1) is 18.3. The summed E-state index contributed by atoms with van der Waals surface area (Å²) in [5.74, 6) is -0.363. The summed E-state index contributed by atoms with van der Waals surface area (Å²) in [6.45, 7) is 0.719. The van der Waals surface area contributed by atoms with Crippen LogP contribution < -0.4 is 10.9 Å². The molecule has 0 saturated carbocycles. The second-order valence-electron chi connectivity index (χ2n) is 4.81. The number of methoxy groups -OCH3 is 1. The number of amides is 1. The molecule has 0 fully saturated rings. The molecule has 1 aromatic heterocycles. The Labute approximate surface area is 129 Å². The van der Waals surface area contributed by atoms with Crippen LogP contribution in [0, 0.1) is 0 Å². The van der Waals surface area contributed by atoms with Gasteiger partial charge in [0.05, 0.1) is 4.90 Å². The van der Waals surface area contributed by atoms with Crippen LogP contribution in [0.3, 0.4) is 0 Å². The third kappa shape index (κ3) is 4.93. The van der Waals surface area contributed by atoms with Crippen LogP contribution in [0.1, 0.15) is 6.42 Å². The van der Waals surface area contributed by atoms with Crippen molar-refractivity contribution in [1.29, 1.82) is 0 Å². The quantitative estimate of drug-likeness (QED) is 0.632. The van der Waals surface area contributed by atoms with Gasteiger partial charge in [-0.3, -0.25) is 9.59 Å². The van der Waals surface area contributed by atoms with Crippen molar-refractivity contribution in [1.82, 2.24) is 14.2 Å². The predicted molar refractivity (Wildman–Crippen MR) is 81.1 cm³/mol. The van der Waals surface area contributed by atoms with Gasteiger partial charge in [-0.1, -0.05) is 0 Å². The second-order valence-corrected chi connectivity index (χ2v) is 6.97. The summed E-state index contributed by atoms with van der Waals surface area (Å²) in [6, 6.07) is 2.36. The normalized spacial score (nSPS) is 11.6. The monoisotopic (exact) mass is 331 g/mol. The van der Waals surface area contributed by atoms with E-state index in [1.54, 1.807) is 7.11 Å². The highest BCUT2D eigenvalue weighted by Gasteiger charge is 2.18. The van der Waals surface area contributed by atoms with Crippen molar-refractivity contribution in [2.75, 3.05) is 34.4 Å². The molecule has 0 saturated heterocycles. The van der Waals surface area contributed by atoms with E-state index in [1.807, 2.05) is 0 Å². The molecule has 0 bridgehead atoms. The highest BCUT2D eigenvalue weighted by Crippen LogP contribution is 2.10. The molecule has 0 unspecified atom stereocenters. The van der Waals surface area contributed by atoms with Crippen LogP contribution in [0.4, 0.5) is 0 Å². The third-order valence-electron chi connectivity index (χ3n) is 2.90. The molecule has 1 rings (SSSR count). The molecular weight excluding hydrogens is 310 g/mol. The maximum Gasteiger partial charge on any atom is 0.251 e. The standard InChI is InChI=1S/C13H21N3O5S/c1-15(2)22(19,20)11-5-6-13(18)16(9-11)10-12(17)14-7-4-8-21-3/h5-6,9H,4,7-8,10H2,1-3H3,(H,14,17). The molecule has 1 amide bonds. The number of sulfonamides is 1. The van der Waals surface area contributed by atoms with Gasteiger partial charge in [0.1, 0.15) is 6.54 Å². The SMILES string of the molecule is COCCCNC(=O)Cn1cc(S(=O)(=O)N(C)C)ccc1=O. The smallest absolute Gasteiger partial charge is 0.251 e. The van der Waals surface area contributed by atoms with Gasteiger partial charge in [0, 0.05) is 46.6 Å². The molecular formula is C13H21N3O5S. The van der Waals surface area contributed by atoms with Crippen molar-refractivity contribution in [2.45, 2.75) is 17.9 Å². The number of carbonyl (C=O) groups is 1. The molecule has 9 heteroatoms. The molecule has 8 nitrogen and oxygen atoms in total. The first-order valence-corrected chi connectivity index (χ1v) is 8.11. The minimum Gasteiger partial charge on any atom is -0.385 e. The highest BCUT2D eigenvalue weighted by atomic mass is 32.2. The van der Waals surface area contributed by atoms with Crippen LogP contribution in [-0.4, -0.2) is 57.6 Å². The van der Waals surface area contributed by atoms with Crippen LogP contribution >= 0.6 is 0 Å². The van der Waals surface area contributed by atoms with Crippen molar-refractivity contribution < 1.29 is 17.9 Å². The van der Waals surface area contributed by atoms with Gasteiger partial charge >= 0.3 is 0 Å². The number of carbonyl (C=O) groups excluding carboxylic acids is 1. The van der Waals surface area contributed by atoms with Gasteiger partial charge < -0.3 is 14.6 Å². The number of hydrogen-bond acceptors (Lipinski definition) is 5. The van der Waals surface area contributed by atoms with E-state index < -0.39 is 15.6 Å². The molecule has 22 heavy (non-hydrogen) atoms. The van der Waals surface area contributed by atoms with Gasteiger partial charge in [0.25, 0.3) is 5.56 Å². The maximum atomic E-state index is 12.0. The molecule has 0 aliphatic carbocycles. The van der Waals surface area contributed by atoms with E-state index in [9.17, 15) is 18.0 Å². The second kappa shape index (κ2) is 8.06. The molecule has 0 aliphatic rings. The minimum atomic E-state index is -3.65. The zero-order valence-electron chi connectivity index (χ0n) is 12.9. The van der Waals surface area contributed by atoms with Gasteiger partial charge in [-0.05, 0) is 12.5 Å². The molecule has 1 heterocycles. The third-order valence-corrected chi connectivity index (χ3v) is 4.69. The van der Waals surface area contributed by atoms with Gasteiger partial charge in [-0.15, -0.1) is 0 Å². The average molecular weight is 331 g/mol. The van der Waals surface area contributed by atoms with E-state index in [4.69, 9.17) is 4.74 Å². The number of nitrogens with one attached hydrogen (secondary N) is 1. The molecule has 0 atom stereocenters. The zero-order valence-corrected chi connectivity index (χ0v) is 13.7. The fraction of sp³-hybridized carbons (Fsp3) is 0.538. The van der Waals surface area contributed by atoms with Crippen LogP contribution in [-0.2, 0) is 26.1 Å². The summed E-state index contributed by atoms with van der Waals surface area (Å²) in [4.78, 5) is 23.4. The lowest BCUT2D eigenvalue weighted by Gasteiger charge is -2.13. The van der Waals surface area contributed by atoms with Crippen LogP contribution in [0.5, 0.6) is 0 Å². The van der Waals surface area contributed by atoms with Crippen molar-refractivity contribution in [2.24, 2.45) is 0 Å². The van der Waals surface area contributed by atoms with Gasteiger partial charge in [-0.25, -0.2) is 12.7 Å². The van der Waals surface area contributed by atoms with Crippen LogP contribution in [0.25, 0.3) is 0 Å². The Kier molecular flexibility index (Phi) is 6.72. The minimum absolute atomic E-state index is 0.0377. The Balaban J connectivity index is 2.83. The van der Waals surface area contributed by atoms with Crippen LogP contribution in [0.2, 0.25) is 0 Å². The van der Waals surface area contributed by atoms with Crippen molar-refractivity contribution in [3.05, 3.63) is 28.7 Å². The fourth-order valence-electron chi connectivity index (χ4n) is 1.65. The summed E-state index contributed by atoms with van der Waals surface area (Å²) in [6.07, 6.45) is 1.83. The summed E-state index contributed by atoms with van der Waals surface area (Å²) >= 11 is 0. The topological polar surface area (TPSA) is 97.7 Å². The van der Waals surface area contributed by atoms with Crippen molar-refractivity contribution in [3.8, 4) is 0 Å². The number of pyridine rings is 1. The number of nitrogens with zero attached hydrogens (tertiary/aromatic N) is 2. The average Bonchev–Trinajstić information content (AvgIpc) is 2.45. The van der Waals surface area contributed by atoms with Crippen molar-refractivity contribution in [3.63, 3.8) is 0 Å². The highest BCUT2D eigenvalue weighted by molar-refractivity contribution is 7.89. The van der Waals surface area contributed by atoms with Gasteiger partial charge in [-0.2, -0.15) is 0 Å². The molecule has 0 spiro atoms. The van der Waals surface area contributed by atoms with E-state index in [0.29, 0.717) is 19.6 Å². The van der Waals surface area contributed by atoms with E-state index in [1.165, 1.54) is 26.4 Å².